The minimum atomic E-state index is -4.41. The molecule has 1 aromatic carbocycles. The van der Waals surface area contributed by atoms with Gasteiger partial charge < -0.3 is 5.73 Å². The lowest BCUT2D eigenvalue weighted by Gasteiger charge is -2.08. The highest BCUT2D eigenvalue weighted by atomic mass is 19.4. The molecule has 2 heterocycles. The van der Waals surface area contributed by atoms with E-state index in [4.69, 9.17) is 5.73 Å². The third-order valence-electron chi connectivity index (χ3n) is 2.99. The van der Waals surface area contributed by atoms with Crippen molar-refractivity contribution >= 4 is 16.5 Å². The van der Waals surface area contributed by atoms with Gasteiger partial charge in [0.2, 0.25) is 0 Å². The second-order valence-corrected chi connectivity index (χ2v) is 4.27. The molecule has 0 aliphatic rings. The van der Waals surface area contributed by atoms with Crippen LogP contribution in [0, 0.1) is 0 Å². The van der Waals surface area contributed by atoms with E-state index in [1.54, 1.807) is 30.6 Å². The first-order chi connectivity index (χ1) is 9.47. The topological polar surface area (TPSA) is 56.7 Å². The monoisotopic (exact) mass is 278 g/mol. The van der Waals surface area contributed by atoms with Crippen molar-refractivity contribution in [2.45, 2.75) is 6.18 Å². The lowest BCUT2D eigenvalue weighted by Crippen LogP contribution is -2.03. The Kier molecular flexibility index (Phi) is 2.63. The second-order valence-electron chi connectivity index (χ2n) is 4.27. The highest BCUT2D eigenvalue weighted by Gasteiger charge is 2.32. The van der Waals surface area contributed by atoms with Crippen molar-refractivity contribution in [1.29, 1.82) is 0 Å². The first kappa shape index (κ1) is 12.5. The SMILES string of the molecule is Nc1ccc(-n2cc(C(F)(F)F)cn2)c2ccncc12. The molecule has 0 bridgehead atoms. The number of anilines is 1. The number of nitrogen functional groups attached to an aromatic ring is 1. The molecule has 0 atom stereocenters. The Hall–Kier alpha value is -2.57. The quantitative estimate of drug-likeness (QED) is 0.696. The number of nitrogens with zero attached hydrogens (tertiary/aromatic N) is 3. The average molecular weight is 278 g/mol. The zero-order valence-corrected chi connectivity index (χ0v) is 10.1. The summed E-state index contributed by atoms with van der Waals surface area (Å²) in [5.74, 6) is 0. The molecule has 0 amide bonds. The Labute approximate surface area is 111 Å². The van der Waals surface area contributed by atoms with Gasteiger partial charge in [-0.3, -0.25) is 4.98 Å². The number of hydrogen-bond donors (Lipinski definition) is 1. The molecule has 0 fully saturated rings. The Morgan fingerprint density at radius 1 is 1.05 bits per heavy atom. The first-order valence-corrected chi connectivity index (χ1v) is 5.71. The molecule has 0 saturated carbocycles. The number of rotatable bonds is 1. The van der Waals surface area contributed by atoms with Crippen LogP contribution in [-0.4, -0.2) is 14.8 Å². The molecule has 7 heteroatoms. The second kappa shape index (κ2) is 4.22. The van der Waals surface area contributed by atoms with Crippen LogP contribution in [0.4, 0.5) is 18.9 Å². The fraction of sp³-hybridized carbons (Fsp3) is 0.0769. The molecule has 0 aliphatic carbocycles. The van der Waals surface area contributed by atoms with Crippen molar-refractivity contribution in [3.8, 4) is 5.69 Å². The molecular weight excluding hydrogens is 269 g/mol. The minimum Gasteiger partial charge on any atom is -0.398 e. The van der Waals surface area contributed by atoms with E-state index in [9.17, 15) is 13.2 Å². The molecule has 3 rings (SSSR count). The summed E-state index contributed by atoms with van der Waals surface area (Å²) >= 11 is 0. The molecule has 0 spiro atoms. The summed E-state index contributed by atoms with van der Waals surface area (Å²) in [5.41, 5.74) is 6.07. The number of fused-ring (bicyclic) bond motifs is 1. The molecule has 3 aromatic rings. The van der Waals surface area contributed by atoms with Gasteiger partial charge in [-0.2, -0.15) is 18.3 Å². The van der Waals surface area contributed by atoms with E-state index >= 15 is 0 Å². The Morgan fingerprint density at radius 3 is 2.55 bits per heavy atom. The number of alkyl halides is 3. The van der Waals surface area contributed by atoms with Crippen LogP contribution in [0.1, 0.15) is 5.56 Å². The fourth-order valence-corrected chi connectivity index (χ4v) is 2.00. The van der Waals surface area contributed by atoms with E-state index in [1.165, 1.54) is 4.68 Å². The number of benzene rings is 1. The van der Waals surface area contributed by atoms with E-state index in [0.29, 0.717) is 22.1 Å². The highest BCUT2D eigenvalue weighted by molar-refractivity contribution is 5.97. The van der Waals surface area contributed by atoms with E-state index in [1.807, 2.05) is 0 Å². The Morgan fingerprint density at radius 2 is 1.85 bits per heavy atom. The third-order valence-corrected chi connectivity index (χ3v) is 2.99. The molecule has 2 aromatic heterocycles. The summed E-state index contributed by atoms with van der Waals surface area (Å²) in [6.07, 6.45) is 0.458. The van der Waals surface area contributed by atoms with Crippen LogP contribution >= 0.6 is 0 Å². The average Bonchev–Trinajstić information content (AvgIpc) is 2.89. The summed E-state index contributed by atoms with van der Waals surface area (Å²) in [6, 6.07) is 4.94. The maximum Gasteiger partial charge on any atom is 0.419 e. The predicted molar refractivity (Wildman–Crippen MR) is 68.3 cm³/mol. The summed E-state index contributed by atoms with van der Waals surface area (Å²) in [4.78, 5) is 3.96. The van der Waals surface area contributed by atoms with Gasteiger partial charge in [-0.1, -0.05) is 0 Å². The number of halogens is 3. The molecular formula is C13H9F3N4. The van der Waals surface area contributed by atoms with Gasteiger partial charge in [-0.15, -0.1) is 0 Å². The normalized spacial score (nSPS) is 11.9. The van der Waals surface area contributed by atoms with Crippen molar-refractivity contribution < 1.29 is 13.2 Å². The lowest BCUT2D eigenvalue weighted by molar-refractivity contribution is -0.137. The molecule has 0 saturated heterocycles. The van der Waals surface area contributed by atoms with Crippen LogP contribution < -0.4 is 5.73 Å². The van der Waals surface area contributed by atoms with E-state index in [0.717, 1.165) is 12.4 Å². The van der Waals surface area contributed by atoms with Gasteiger partial charge in [0.15, 0.2) is 0 Å². The van der Waals surface area contributed by atoms with Crippen molar-refractivity contribution in [3.63, 3.8) is 0 Å². The molecule has 0 radical (unpaired) electrons. The molecule has 102 valence electrons. The van der Waals surface area contributed by atoms with E-state index < -0.39 is 11.7 Å². The van der Waals surface area contributed by atoms with E-state index in [-0.39, 0.29) is 0 Å². The van der Waals surface area contributed by atoms with Crippen LogP contribution in [0.2, 0.25) is 0 Å². The molecule has 20 heavy (non-hydrogen) atoms. The number of pyridine rings is 1. The standard InChI is InChI=1S/C13H9F3N4/c14-13(15,16)8-5-19-20(7-8)12-2-1-11(17)10-6-18-4-3-9(10)12/h1-7H,17H2. The zero-order valence-electron chi connectivity index (χ0n) is 10.1. The van der Waals surface area contributed by atoms with Crippen LogP contribution in [0.15, 0.2) is 43.0 Å². The smallest absolute Gasteiger partial charge is 0.398 e. The van der Waals surface area contributed by atoms with Crippen LogP contribution in [-0.2, 0) is 6.18 Å². The van der Waals surface area contributed by atoms with Gasteiger partial charge in [-0.05, 0) is 18.2 Å². The summed E-state index contributed by atoms with van der Waals surface area (Å²) in [7, 11) is 0. The fourth-order valence-electron chi connectivity index (χ4n) is 2.00. The van der Waals surface area contributed by atoms with Crippen LogP contribution in [0.25, 0.3) is 16.5 Å². The summed E-state index contributed by atoms with van der Waals surface area (Å²) in [5, 5.41) is 5.13. The van der Waals surface area contributed by atoms with Crippen molar-refractivity contribution in [2.75, 3.05) is 5.73 Å². The van der Waals surface area contributed by atoms with Crippen LogP contribution in [0.3, 0.4) is 0 Å². The zero-order chi connectivity index (χ0) is 14.3. The largest absolute Gasteiger partial charge is 0.419 e. The minimum absolute atomic E-state index is 0.514. The maximum absolute atomic E-state index is 12.6. The van der Waals surface area contributed by atoms with Crippen LogP contribution in [0.5, 0.6) is 0 Å². The first-order valence-electron chi connectivity index (χ1n) is 5.71. The van der Waals surface area contributed by atoms with Crippen molar-refractivity contribution in [2.24, 2.45) is 0 Å². The molecule has 0 unspecified atom stereocenters. The van der Waals surface area contributed by atoms with Gasteiger partial charge in [0.25, 0.3) is 0 Å². The molecule has 4 nitrogen and oxygen atoms in total. The van der Waals surface area contributed by atoms with Gasteiger partial charge >= 0.3 is 6.18 Å². The number of hydrogen-bond acceptors (Lipinski definition) is 3. The molecule has 2 N–H and O–H groups in total. The van der Waals surface area contributed by atoms with Crippen molar-refractivity contribution in [1.82, 2.24) is 14.8 Å². The Bertz CT molecular complexity index is 777. The maximum atomic E-state index is 12.6. The van der Waals surface area contributed by atoms with Gasteiger partial charge in [0.05, 0.1) is 17.4 Å². The van der Waals surface area contributed by atoms with Gasteiger partial charge in [0, 0.05) is 35.1 Å². The number of nitrogens with two attached hydrogens (primary N) is 1. The number of aromatic nitrogens is 3. The highest BCUT2D eigenvalue weighted by Crippen LogP contribution is 2.31. The lowest BCUT2D eigenvalue weighted by atomic mass is 10.1. The summed E-state index contributed by atoms with van der Waals surface area (Å²) < 4.78 is 39.0. The summed E-state index contributed by atoms with van der Waals surface area (Å²) in [6.45, 7) is 0. The van der Waals surface area contributed by atoms with Gasteiger partial charge in [-0.25, -0.2) is 4.68 Å². The predicted octanol–water partition coefficient (Wildman–Crippen LogP) is 3.02. The van der Waals surface area contributed by atoms with Gasteiger partial charge in [0.1, 0.15) is 0 Å². The van der Waals surface area contributed by atoms with E-state index in [2.05, 4.69) is 10.1 Å². The third kappa shape index (κ3) is 1.97. The Balaban J connectivity index is 2.20. The van der Waals surface area contributed by atoms with Crippen molar-refractivity contribution in [3.05, 3.63) is 48.5 Å². The molecule has 0 aliphatic heterocycles.